The molecule has 1 rings (SSSR count). The quantitative estimate of drug-likeness (QED) is 0.695. The molecule has 0 bridgehead atoms. The summed E-state index contributed by atoms with van der Waals surface area (Å²) in [6.45, 7) is 2.52. The third-order valence-corrected chi connectivity index (χ3v) is 3.81. The molecule has 0 spiro atoms. The summed E-state index contributed by atoms with van der Waals surface area (Å²) >= 11 is 2.02. The lowest BCUT2D eigenvalue weighted by Gasteiger charge is -2.05. The highest BCUT2D eigenvalue weighted by atomic mass is 32.2. The van der Waals surface area contributed by atoms with Gasteiger partial charge in [-0.25, -0.2) is 0 Å². The van der Waals surface area contributed by atoms with Crippen molar-refractivity contribution in [1.29, 1.82) is 0 Å². The van der Waals surface area contributed by atoms with Gasteiger partial charge in [-0.1, -0.05) is 37.1 Å². The van der Waals surface area contributed by atoms with Gasteiger partial charge in [0, 0.05) is 12.4 Å². The average Bonchev–Trinajstić information content (AvgIpc) is 2.30. The van der Waals surface area contributed by atoms with Crippen molar-refractivity contribution in [2.75, 3.05) is 12.4 Å². The monoisotopic (exact) mass is 238 g/mol. The summed E-state index contributed by atoms with van der Waals surface area (Å²) in [5.41, 5.74) is 2.86. The predicted molar refractivity (Wildman–Crippen MR) is 72.9 cm³/mol. The third kappa shape index (κ3) is 5.57. The number of aliphatic hydroxyl groups is 1. The molecule has 16 heavy (non-hydrogen) atoms. The molecular weight excluding hydrogens is 216 g/mol. The Morgan fingerprint density at radius 1 is 1.06 bits per heavy atom. The van der Waals surface area contributed by atoms with Gasteiger partial charge in [0.05, 0.1) is 0 Å². The van der Waals surface area contributed by atoms with Crippen molar-refractivity contribution in [3.05, 3.63) is 35.4 Å². The Labute approximate surface area is 103 Å². The molecule has 1 aromatic carbocycles. The highest BCUT2D eigenvalue weighted by Gasteiger charge is 1.97. The summed E-state index contributed by atoms with van der Waals surface area (Å²) in [7, 11) is 0. The first-order valence-electron chi connectivity index (χ1n) is 6.07. The van der Waals surface area contributed by atoms with E-state index >= 15 is 0 Å². The van der Waals surface area contributed by atoms with Crippen LogP contribution in [0.15, 0.2) is 24.3 Å². The molecule has 1 aromatic rings. The smallest absolute Gasteiger partial charge is 0.0431 e. The van der Waals surface area contributed by atoms with Crippen LogP contribution < -0.4 is 0 Å². The molecule has 0 atom stereocenters. The minimum Gasteiger partial charge on any atom is -0.396 e. The van der Waals surface area contributed by atoms with E-state index in [2.05, 4.69) is 31.2 Å². The van der Waals surface area contributed by atoms with Gasteiger partial charge in [0.2, 0.25) is 0 Å². The van der Waals surface area contributed by atoms with Gasteiger partial charge in [-0.05, 0) is 36.6 Å². The first-order valence-corrected chi connectivity index (χ1v) is 7.23. The summed E-state index contributed by atoms with van der Waals surface area (Å²) in [6.07, 6.45) is 4.65. The number of hydrogen-bond acceptors (Lipinski definition) is 2. The standard InChI is InChI=1S/C14H22OS/c1-13-8-4-5-9-14(13)12-16-11-7-3-2-6-10-15/h4-5,8-9,15H,2-3,6-7,10-12H2,1H3. The number of thioether (sulfide) groups is 1. The Balaban J connectivity index is 2.05. The number of unbranched alkanes of at least 4 members (excludes halogenated alkanes) is 3. The van der Waals surface area contributed by atoms with E-state index in [1.807, 2.05) is 11.8 Å². The molecule has 0 fully saturated rings. The molecule has 0 aliphatic rings. The highest BCUT2D eigenvalue weighted by molar-refractivity contribution is 7.98. The van der Waals surface area contributed by atoms with E-state index < -0.39 is 0 Å². The average molecular weight is 238 g/mol. The van der Waals surface area contributed by atoms with Crippen LogP contribution in [0.4, 0.5) is 0 Å². The molecule has 90 valence electrons. The van der Waals surface area contributed by atoms with E-state index in [-0.39, 0.29) is 0 Å². The maximum Gasteiger partial charge on any atom is 0.0431 e. The molecule has 0 aromatic heterocycles. The maximum absolute atomic E-state index is 8.64. The molecule has 0 aliphatic carbocycles. The van der Waals surface area contributed by atoms with Crippen LogP contribution in [0, 0.1) is 6.92 Å². The van der Waals surface area contributed by atoms with Crippen molar-refractivity contribution in [1.82, 2.24) is 0 Å². The number of rotatable bonds is 8. The van der Waals surface area contributed by atoms with E-state index in [1.54, 1.807) is 0 Å². The Hall–Kier alpha value is -0.470. The Morgan fingerprint density at radius 3 is 2.56 bits per heavy atom. The second-order valence-electron chi connectivity index (χ2n) is 4.12. The second-order valence-corrected chi connectivity index (χ2v) is 5.22. The van der Waals surface area contributed by atoms with E-state index in [4.69, 9.17) is 5.11 Å². The van der Waals surface area contributed by atoms with Crippen LogP contribution in [-0.4, -0.2) is 17.5 Å². The van der Waals surface area contributed by atoms with Crippen LogP contribution in [0.2, 0.25) is 0 Å². The topological polar surface area (TPSA) is 20.2 Å². The van der Waals surface area contributed by atoms with Crippen molar-refractivity contribution in [2.24, 2.45) is 0 Å². The number of benzene rings is 1. The van der Waals surface area contributed by atoms with E-state index in [9.17, 15) is 0 Å². The van der Waals surface area contributed by atoms with Gasteiger partial charge in [-0.2, -0.15) is 11.8 Å². The van der Waals surface area contributed by atoms with Crippen LogP contribution in [0.25, 0.3) is 0 Å². The number of hydrogen-bond donors (Lipinski definition) is 1. The molecule has 0 amide bonds. The second kappa shape index (κ2) is 8.66. The Kier molecular flexibility index (Phi) is 7.35. The largest absolute Gasteiger partial charge is 0.396 e. The molecule has 0 heterocycles. The summed E-state index contributed by atoms with van der Waals surface area (Å²) in [4.78, 5) is 0. The van der Waals surface area contributed by atoms with Crippen LogP contribution in [0.1, 0.15) is 36.8 Å². The number of aryl methyl sites for hydroxylation is 1. The zero-order valence-electron chi connectivity index (χ0n) is 10.1. The third-order valence-electron chi connectivity index (χ3n) is 2.72. The van der Waals surface area contributed by atoms with Crippen LogP contribution in [-0.2, 0) is 5.75 Å². The van der Waals surface area contributed by atoms with Crippen molar-refractivity contribution in [2.45, 2.75) is 38.4 Å². The molecule has 0 radical (unpaired) electrons. The normalized spacial score (nSPS) is 10.6. The molecule has 0 saturated heterocycles. The fourth-order valence-corrected chi connectivity index (χ4v) is 2.72. The first-order chi connectivity index (χ1) is 7.84. The van der Waals surface area contributed by atoms with Crippen LogP contribution in [0.5, 0.6) is 0 Å². The van der Waals surface area contributed by atoms with Gasteiger partial charge >= 0.3 is 0 Å². The summed E-state index contributed by atoms with van der Waals surface area (Å²) < 4.78 is 0. The molecule has 2 heteroatoms. The summed E-state index contributed by atoms with van der Waals surface area (Å²) in [5, 5.41) is 8.64. The molecular formula is C14H22OS. The molecule has 0 aliphatic heterocycles. The minimum atomic E-state index is 0.344. The van der Waals surface area contributed by atoms with Gasteiger partial charge in [0.1, 0.15) is 0 Å². The summed E-state index contributed by atoms with van der Waals surface area (Å²) in [6, 6.07) is 8.60. The highest BCUT2D eigenvalue weighted by Crippen LogP contribution is 2.17. The van der Waals surface area contributed by atoms with E-state index in [0.717, 1.165) is 12.2 Å². The fourth-order valence-electron chi connectivity index (χ4n) is 1.62. The van der Waals surface area contributed by atoms with Gasteiger partial charge in [0.15, 0.2) is 0 Å². The minimum absolute atomic E-state index is 0.344. The van der Waals surface area contributed by atoms with Crippen LogP contribution >= 0.6 is 11.8 Å². The van der Waals surface area contributed by atoms with Crippen molar-refractivity contribution in [3.8, 4) is 0 Å². The fraction of sp³-hybridized carbons (Fsp3) is 0.571. The van der Waals surface area contributed by atoms with Crippen molar-refractivity contribution < 1.29 is 5.11 Å². The maximum atomic E-state index is 8.64. The molecule has 0 saturated carbocycles. The van der Waals surface area contributed by atoms with Crippen molar-refractivity contribution in [3.63, 3.8) is 0 Å². The van der Waals surface area contributed by atoms with Gasteiger partial charge < -0.3 is 5.11 Å². The van der Waals surface area contributed by atoms with Gasteiger partial charge in [-0.15, -0.1) is 0 Å². The van der Waals surface area contributed by atoms with E-state index in [0.29, 0.717) is 6.61 Å². The lowest BCUT2D eigenvalue weighted by molar-refractivity contribution is 0.283. The lowest BCUT2D eigenvalue weighted by atomic mass is 10.1. The van der Waals surface area contributed by atoms with E-state index in [1.165, 1.54) is 36.1 Å². The summed E-state index contributed by atoms with van der Waals surface area (Å²) in [5.74, 6) is 2.37. The Bertz CT molecular complexity index is 286. The van der Waals surface area contributed by atoms with Gasteiger partial charge in [-0.3, -0.25) is 0 Å². The zero-order valence-corrected chi connectivity index (χ0v) is 10.9. The number of aliphatic hydroxyl groups excluding tert-OH is 1. The molecule has 0 unspecified atom stereocenters. The van der Waals surface area contributed by atoms with Crippen molar-refractivity contribution >= 4 is 11.8 Å². The predicted octanol–water partition coefficient (Wildman–Crippen LogP) is 3.78. The van der Waals surface area contributed by atoms with Gasteiger partial charge in [0.25, 0.3) is 0 Å². The first kappa shape index (κ1) is 13.6. The zero-order chi connectivity index (χ0) is 11.6. The lowest BCUT2D eigenvalue weighted by Crippen LogP contribution is -1.88. The molecule has 1 nitrogen and oxygen atoms in total. The molecule has 1 N–H and O–H groups in total. The SMILES string of the molecule is Cc1ccccc1CSCCCCCCO. The van der Waals surface area contributed by atoms with Crippen LogP contribution in [0.3, 0.4) is 0 Å². The Morgan fingerprint density at radius 2 is 1.81 bits per heavy atom.